The van der Waals surface area contributed by atoms with E-state index in [4.69, 9.17) is 9.47 Å². The van der Waals surface area contributed by atoms with Gasteiger partial charge in [0.25, 0.3) is 0 Å². The lowest BCUT2D eigenvalue weighted by atomic mass is 10.1. The van der Waals surface area contributed by atoms with Gasteiger partial charge in [-0.25, -0.2) is 4.39 Å². The highest BCUT2D eigenvalue weighted by molar-refractivity contribution is 5.15. The molecule has 0 radical (unpaired) electrons. The Morgan fingerprint density at radius 1 is 1.13 bits per heavy atom. The average molecular weight is 212 g/mol. The molecule has 1 aromatic carbocycles. The molecule has 0 aliphatic heterocycles. The zero-order valence-corrected chi connectivity index (χ0v) is 9.20. The Morgan fingerprint density at radius 2 is 1.73 bits per heavy atom. The van der Waals surface area contributed by atoms with Crippen LogP contribution in [0.15, 0.2) is 24.3 Å². The van der Waals surface area contributed by atoms with Crippen LogP contribution in [0.2, 0.25) is 0 Å². The summed E-state index contributed by atoms with van der Waals surface area (Å²) in [6.45, 7) is 0. The van der Waals surface area contributed by atoms with E-state index in [1.165, 1.54) is 12.1 Å². The second-order valence-corrected chi connectivity index (χ2v) is 3.42. The second kappa shape index (κ2) is 6.53. The molecule has 0 amide bonds. The highest BCUT2D eigenvalue weighted by atomic mass is 19.1. The molecule has 3 heteroatoms. The molecule has 1 aromatic rings. The van der Waals surface area contributed by atoms with Gasteiger partial charge in [-0.1, -0.05) is 12.1 Å². The predicted octanol–water partition coefficient (Wildman–Crippen LogP) is 2.77. The van der Waals surface area contributed by atoms with Crippen LogP contribution in [0.25, 0.3) is 0 Å². The van der Waals surface area contributed by atoms with Crippen LogP contribution in [0.3, 0.4) is 0 Å². The first kappa shape index (κ1) is 12.1. The normalized spacial score (nSPS) is 10.9. The standard InChI is InChI=1S/C12H17FO2/c1-14-12(15-2)5-3-4-10-6-8-11(13)9-7-10/h6-9,12H,3-5H2,1-2H3. The highest BCUT2D eigenvalue weighted by Gasteiger charge is 2.04. The zero-order valence-electron chi connectivity index (χ0n) is 9.20. The van der Waals surface area contributed by atoms with E-state index in [2.05, 4.69) is 0 Å². The number of hydrogen-bond donors (Lipinski definition) is 0. The summed E-state index contributed by atoms with van der Waals surface area (Å²) >= 11 is 0. The summed E-state index contributed by atoms with van der Waals surface area (Å²) in [6.07, 6.45) is 2.61. The van der Waals surface area contributed by atoms with Crippen molar-refractivity contribution in [3.63, 3.8) is 0 Å². The van der Waals surface area contributed by atoms with Crippen molar-refractivity contribution in [3.05, 3.63) is 35.6 Å². The van der Waals surface area contributed by atoms with Gasteiger partial charge in [0.05, 0.1) is 0 Å². The van der Waals surface area contributed by atoms with E-state index in [9.17, 15) is 4.39 Å². The van der Waals surface area contributed by atoms with Crippen molar-refractivity contribution < 1.29 is 13.9 Å². The summed E-state index contributed by atoms with van der Waals surface area (Å²) in [5, 5.41) is 0. The molecule has 0 saturated heterocycles. The van der Waals surface area contributed by atoms with Gasteiger partial charge >= 0.3 is 0 Å². The van der Waals surface area contributed by atoms with Crippen LogP contribution in [0.5, 0.6) is 0 Å². The fourth-order valence-corrected chi connectivity index (χ4v) is 1.46. The third-order valence-electron chi connectivity index (χ3n) is 2.34. The molecule has 1 rings (SSSR count). The molecule has 15 heavy (non-hydrogen) atoms. The maximum atomic E-state index is 12.6. The van der Waals surface area contributed by atoms with Gasteiger partial charge in [-0.2, -0.15) is 0 Å². The number of ether oxygens (including phenoxy) is 2. The summed E-state index contributed by atoms with van der Waals surface area (Å²) in [4.78, 5) is 0. The van der Waals surface area contributed by atoms with E-state index in [1.807, 2.05) is 12.1 Å². The fourth-order valence-electron chi connectivity index (χ4n) is 1.46. The minimum atomic E-state index is -0.189. The molecule has 0 unspecified atom stereocenters. The first-order valence-electron chi connectivity index (χ1n) is 5.06. The minimum Gasteiger partial charge on any atom is -0.356 e. The van der Waals surface area contributed by atoms with Crippen LogP contribution in [0, 0.1) is 5.82 Å². The van der Waals surface area contributed by atoms with Gasteiger partial charge in [-0.15, -0.1) is 0 Å². The van der Waals surface area contributed by atoms with E-state index in [0.29, 0.717) is 0 Å². The van der Waals surface area contributed by atoms with E-state index in [1.54, 1.807) is 14.2 Å². The summed E-state index contributed by atoms with van der Waals surface area (Å²) < 4.78 is 22.8. The lowest BCUT2D eigenvalue weighted by molar-refractivity contribution is -0.106. The largest absolute Gasteiger partial charge is 0.356 e. The Morgan fingerprint density at radius 3 is 2.27 bits per heavy atom. The Labute approximate surface area is 90.0 Å². The van der Waals surface area contributed by atoms with Crippen LogP contribution in [0.1, 0.15) is 18.4 Å². The Balaban J connectivity index is 2.28. The number of halogens is 1. The van der Waals surface area contributed by atoms with Gasteiger partial charge < -0.3 is 9.47 Å². The van der Waals surface area contributed by atoms with Crippen molar-refractivity contribution in [2.75, 3.05) is 14.2 Å². The van der Waals surface area contributed by atoms with E-state index in [-0.39, 0.29) is 12.1 Å². The van der Waals surface area contributed by atoms with Crippen LogP contribution in [0.4, 0.5) is 4.39 Å². The molecule has 0 spiro atoms. The molecule has 0 atom stereocenters. The fraction of sp³-hybridized carbons (Fsp3) is 0.500. The molecular weight excluding hydrogens is 195 g/mol. The quantitative estimate of drug-likeness (QED) is 0.675. The molecule has 0 fully saturated rings. The van der Waals surface area contributed by atoms with Crippen molar-refractivity contribution in [2.24, 2.45) is 0 Å². The molecule has 0 saturated carbocycles. The third kappa shape index (κ3) is 4.40. The van der Waals surface area contributed by atoms with Crippen molar-refractivity contribution >= 4 is 0 Å². The van der Waals surface area contributed by atoms with Gasteiger partial charge in [-0.3, -0.25) is 0 Å². The van der Waals surface area contributed by atoms with Crippen LogP contribution in [-0.4, -0.2) is 20.5 Å². The molecule has 0 aliphatic carbocycles. The molecular formula is C12H17FO2. The molecule has 0 heterocycles. The lowest BCUT2D eigenvalue weighted by Gasteiger charge is -2.12. The number of aryl methyl sites for hydroxylation is 1. The Bertz CT molecular complexity index is 267. The lowest BCUT2D eigenvalue weighted by Crippen LogP contribution is -2.12. The van der Waals surface area contributed by atoms with Crippen molar-refractivity contribution in [1.82, 2.24) is 0 Å². The Kier molecular flexibility index (Phi) is 5.29. The zero-order chi connectivity index (χ0) is 11.1. The number of methoxy groups -OCH3 is 2. The van der Waals surface area contributed by atoms with Crippen LogP contribution in [-0.2, 0) is 15.9 Å². The summed E-state index contributed by atoms with van der Waals surface area (Å²) in [7, 11) is 3.26. The van der Waals surface area contributed by atoms with Gasteiger partial charge in [-0.05, 0) is 37.0 Å². The number of hydrogen-bond acceptors (Lipinski definition) is 2. The third-order valence-corrected chi connectivity index (χ3v) is 2.34. The smallest absolute Gasteiger partial charge is 0.156 e. The summed E-state index contributed by atoms with van der Waals surface area (Å²) in [6, 6.07) is 6.59. The van der Waals surface area contributed by atoms with Gasteiger partial charge in [0, 0.05) is 14.2 Å². The highest BCUT2D eigenvalue weighted by Crippen LogP contribution is 2.09. The predicted molar refractivity (Wildman–Crippen MR) is 57.1 cm³/mol. The van der Waals surface area contributed by atoms with Gasteiger partial charge in [0.2, 0.25) is 0 Å². The minimum absolute atomic E-state index is 0.134. The van der Waals surface area contributed by atoms with Crippen LogP contribution >= 0.6 is 0 Å². The maximum absolute atomic E-state index is 12.6. The van der Waals surface area contributed by atoms with Gasteiger partial charge in [0.1, 0.15) is 5.82 Å². The molecule has 84 valence electrons. The SMILES string of the molecule is COC(CCCc1ccc(F)cc1)OC. The second-order valence-electron chi connectivity index (χ2n) is 3.42. The summed E-state index contributed by atoms with van der Waals surface area (Å²) in [5.41, 5.74) is 1.14. The summed E-state index contributed by atoms with van der Waals surface area (Å²) in [5.74, 6) is -0.189. The van der Waals surface area contributed by atoms with E-state index < -0.39 is 0 Å². The maximum Gasteiger partial charge on any atom is 0.156 e. The molecule has 2 nitrogen and oxygen atoms in total. The molecule has 0 aromatic heterocycles. The average Bonchev–Trinajstić information content (AvgIpc) is 2.27. The Hall–Kier alpha value is -0.930. The molecule has 0 N–H and O–H groups in total. The van der Waals surface area contributed by atoms with Crippen LogP contribution < -0.4 is 0 Å². The van der Waals surface area contributed by atoms with Crippen molar-refractivity contribution in [1.29, 1.82) is 0 Å². The monoisotopic (exact) mass is 212 g/mol. The van der Waals surface area contributed by atoms with Crippen molar-refractivity contribution in [3.8, 4) is 0 Å². The first-order valence-corrected chi connectivity index (χ1v) is 5.06. The molecule has 0 aliphatic rings. The first-order chi connectivity index (χ1) is 7.26. The molecule has 0 bridgehead atoms. The topological polar surface area (TPSA) is 18.5 Å². The van der Waals surface area contributed by atoms with E-state index >= 15 is 0 Å². The van der Waals surface area contributed by atoms with Crippen molar-refractivity contribution in [2.45, 2.75) is 25.6 Å². The number of benzene rings is 1. The van der Waals surface area contributed by atoms with Gasteiger partial charge in [0.15, 0.2) is 6.29 Å². The van der Waals surface area contributed by atoms with E-state index in [0.717, 1.165) is 24.8 Å². The number of rotatable bonds is 6.